The maximum atomic E-state index is 13.0. The van der Waals surface area contributed by atoms with E-state index in [1.165, 1.54) is 12.1 Å². The first-order valence-corrected chi connectivity index (χ1v) is 13.5. The zero-order valence-corrected chi connectivity index (χ0v) is 19.8. The highest BCUT2D eigenvalue weighted by atomic mass is 32.2. The normalized spacial score (nSPS) is 15.4. The average molecular weight is 476 g/mol. The van der Waals surface area contributed by atoms with E-state index in [4.69, 9.17) is 0 Å². The van der Waals surface area contributed by atoms with Crippen LogP contribution in [0.15, 0.2) is 59.5 Å². The molecule has 2 amide bonds. The maximum Gasteiger partial charge on any atom is 0.242 e. The molecule has 0 radical (unpaired) electrons. The van der Waals surface area contributed by atoms with Crippen molar-refractivity contribution >= 4 is 39.3 Å². The summed E-state index contributed by atoms with van der Waals surface area (Å²) in [7, 11) is -3.82. The van der Waals surface area contributed by atoms with Crippen molar-refractivity contribution in [1.82, 2.24) is 9.62 Å². The van der Waals surface area contributed by atoms with Gasteiger partial charge < -0.3 is 10.2 Å². The Morgan fingerprint density at radius 2 is 1.91 bits per heavy atom. The molecule has 1 fully saturated rings. The van der Waals surface area contributed by atoms with E-state index in [-0.39, 0.29) is 10.8 Å². The van der Waals surface area contributed by atoms with Crippen LogP contribution in [0.4, 0.5) is 5.69 Å². The van der Waals surface area contributed by atoms with Crippen molar-refractivity contribution in [3.63, 3.8) is 0 Å². The van der Waals surface area contributed by atoms with Crippen LogP contribution in [0.3, 0.4) is 0 Å². The van der Waals surface area contributed by atoms with Crippen LogP contribution in [0.5, 0.6) is 0 Å². The number of hydrogen-bond acceptors (Lipinski definition) is 5. The molecule has 3 rings (SSSR count). The number of carbonyl (C=O) groups excluding carboxylic acids is 2. The third-order valence-corrected chi connectivity index (χ3v) is 7.40. The molecule has 0 bridgehead atoms. The van der Waals surface area contributed by atoms with Crippen molar-refractivity contribution in [2.45, 2.75) is 43.2 Å². The lowest BCUT2D eigenvalue weighted by molar-refractivity contribution is -0.133. The molecule has 32 heavy (non-hydrogen) atoms. The summed E-state index contributed by atoms with van der Waals surface area (Å²) in [5.41, 5.74) is 1.49. The van der Waals surface area contributed by atoms with Gasteiger partial charge in [0, 0.05) is 25.2 Å². The zero-order chi connectivity index (χ0) is 23.0. The lowest BCUT2D eigenvalue weighted by atomic mass is 10.1. The summed E-state index contributed by atoms with van der Waals surface area (Å²) >= 11 is 1.55. The summed E-state index contributed by atoms with van der Waals surface area (Å²) in [4.78, 5) is 27.0. The molecule has 0 aromatic heterocycles. The Morgan fingerprint density at radius 3 is 2.62 bits per heavy atom. The molecule has 0 saturated carbocycles. The third-order valence-electron chi connectivity index (χ3n) is 5.27. The molecule has 1 aliphatic rings. The van der Waals surface area contributed by atoms with Crippen molar-refractivity contribution < 1.29 is 18.0 Å². The standard InChI is InChI=1S/C23H29N3O4S2/c1-31-15-13-21(25-32(29,30)20-10-3-2-4-11-20)23(28)24-19-9-7-8-18(16-19)17-26-14-6-5-12-22(26)27/h2-4,7-11,16,21,25H,5-6,12-15,17H2,1H3,(H,24,28). The molecular formula is C23H29N3O4S2. The molecule has 9 heteroatoms. The van der Waals surface area contributed by atoms with E-state index in [2.05, 4.69) is 10.0 Å². The minimum atomic E-state index is -3.82. The van der Waals surface area contributed by atoms with Crippen LogP contribution in [-0.4, -0.2) is 49.7 Å². The van der Waals surface area contributed by atoms with Gasteiger partial charge in [0.1, 0.15) is 6.04 Å². The SMILES string of the molecule is CSCCC(NS(=O)(=O)c1ccccc1)C(=O)Nc1cccc(CN2CCCCC2=O)c1. The topological polar surface area (TPSA) is 95.6 Å². The monoisotopic (exact) mass is 475 g/mol. The Labute approximate surface area is 194 Å². The van der Waals surface area contributed by atoms with Gasteiger partial charge in [-0.3, -0.25) is 9.59 Å². The second kappa shape index (κ2) is 11.5. The number of hydrogen-bond donors (Lipinski definition) is 2. The highest BCUT2D eigenvalue weighted by molar-refractivity contribution is 7.98. The van der Waals surface area contributed by atoms with Gasteiger partial charge >= 0.3 is 0 Å². The van der Waals surface area contributed by atoms with Crippen LogP contribution in [-0.2, 0) is 26.2 Å². The van der Waals surface area contributed by atoms with Crippen molar-refractivity contribution in [2.75, 3.05) is 23.9 Å². The van der Waals surface area contributed by atoms with Gasteiger partial charge in [0.15, 0.2) is 0 Å². The van der Waals surface area contributed by atoms with Crippen LogP contribution in [0.25, 0.3) is 0 Å². The molecule has 172 valence electrons. The summed E-state index contributed by atoms with van der Waals surface area (Å²) in [6.45, 7) is 1.24. The molecule has 0 spiro atoms. The zero-order valence-electron chi connectivity index (χ0n) is 18.1. The molecule has 0 aliphatic carbocycles. The molecule has 1 saturated heterocycles. The highest BCUT2D eigenvalue weighted by Crippen LogP contribution is 2.18. The number of piperidine rings is 1. The smallest absolute Gasteiger partial charge is 0.242 e. The largest absolute Gasteiger partial charge is 0.338 e. The highest BCUT2D eigenvalue weighted by Gasteiger charge is 2.25. The van der Waals surface area contributed by atoms with E-state index >= 15 is 0 Å². The minimum absolute atomic E-state index is 0.121. The summed E-state index contributed by atoms with van der Waals surface area (Å²) in [6.07, 6.45) is 4.78. The van der Waals surface area contributed by atoms with Gasteiger partial charge in [-0.2, -0.15) is 16.5 Å². The average Bonchev–Trinajstić information content (AvgIpc) is 2.79. The maximum absolute atomic E-state index is 13.0. The van der Waals surface area contributed by atoms with E-state index in [9.17, 15) is 18.0 Å². The van der Waals surface area contributed by atoms with E-state index < -0.39 is 22.0 Å². The van der Waals surface area contributed by atoms with Gasteiger partial charge in [0.2, 0.25) is 21.8 Å². The number of carbonyl (C=O) groups is 2. The number of anilines is 1. The lowest BCUT2D eigenvalue weighted by Crippen LogP contribution is -2.44. The van der Waals surface area contributed by atoms with Crippen LogP contribution in [0.1, 0.15) is 31.2 Å². The van der Waals surface area contributed by atoms with E-state index in [0.717, 1.165) is 24.9 Å². The van der Waals surface area contributed by atoms with Crippen LogP contribution >= 0.6 is 11.8 Å². The number of nitrogens with one attached hydrogen (secondary N) is 2. The fourth-order valence-electron chi connectivity index (χ4n) is 3.56. The number of thioether (sulfide) groups is 1. The number of benzene rings is 2. The summed E-state index contributed by atoms with van der Waals surface area (Å²) in [5, 5.41) is 2.84. The predicted octanol–water partition coefficient (Wildman–Crippen LogP) is 3.24. The number of nitrogens with zero attached hydrogens (tertiary/aromatic N) is 1. The minimum Gasteiger partial charge on any atom is -0.338 e. The molecule has 7 nitrogen and oxygen atoms in total. The Balaban J connectivity index is 1.70. The van der Waals surface area contributed by atoms with E-state index in [0.29, 0.717) is 30.8 Å². The van der Waals surface area contributed by atoms with Gasteiger partial charge in [0.05, 0.1) is 4.90 Å². The molecule has 2 N–H and O–H groups in total. The summed E-state index contributed by atoms with van der Waals surface area (Å²) in [5.74, 6) is 0.370. The van der Waals surface area contributed by atoms with Gasteiger partial charge in [-0.25, -0.2) is 8.42 Å². The first kappa shape index (κ1) is 24.3. The predicted molar refractivity (Wildman–Crippen MR) is 128 cm³/mol. The number of rotatable bonds is 10. The first-order chi connectivity index (χ1) is 15.4. The quantitative estimate of drug-likeness (QED) is 0.550. The molecule has 1 atom stereocenters. The van der Waals surface area contributed by atoms with Crippen molar-refractivity contribution in [3.05, 3.63) is 60.2 Å². The molecule has 2 aromatic carbocycles. The van der Waals surface area contributed by atoms with Crippen LogP contribution in [0, 0.1) is 0 Å². The fraction of sp³-hybridized carbons (Fsp3) is 0.391. The van der Waals surface area contributed by atoms with Gasteiger partial charge in [-0.05, 0) is 61.1 Å². The first-order valence-electron chi connectivity index (χ1n) is 10.6. The second-order valence-electron chi connectivity index (χ2n) is 7.73. The van der Waals surface area contributed by atoms with Crippen molar-refractivity contribution in [1.29, 1.82) is 0 Å². The van der Waals surface area contributed by atoms with E-state index in [1.807, 2.05) is 29.4 Å². The van der Waals surface area contributed by atoms with Crippen molar-refractivity contribution in [3.8, 4) is 0 Å². The lowest BCUT2D eigenvalue weighted by Gasteiger charge is -2.27. The molecule has 1 heterocycles. The van der Waals surface area contributed by atoms with E-state index in [1.54, 1.807) is 36.0 Å². The summed E-state index contributed by atoms with van der Waals surface area (Å²) < 4.78 is 28.0. The Hall–Kier alpha value is -2.36. The Bertz CT molecular complexity index is 1030. The molecule has 1 unspecified atom stereocenters. The second-order valence-corrected chi connectivity index (χ2v) is 10.4. The summed E-state index contributed by atoms with van der Waals surface area (Å²) in [6, 6.07) is 14.4. The van der Waals surface area contributed by atoms with Crippen LogP contribution < -0.4 is 10.0 Å². The molecule has 2 aromatic rings. The van der Waals surface area contributed by atoms with Gasteiger partial charge in [0.25, 0.3) is 0 Å². The molecule has 1 aliphatic heterocycles. The molecular weight excluding hydrogens is 446 g/mol. The number of amides is 2. The fourth-order valence-corrected chi connectivity index (χ4v) is 5.28. The van der Waals surface area contributed by atoms with Crippen molar-refractivity contribution in [2.24, 2.45) is 0 Å². The van der Waals surface area contributed by atoms with Gasteiger partial charge in [-0.1, -0.05) is 30.3 Å². The Morgan fingerprint density at radius 1 is 1.12 bits per heavy atom. The van der Waals surface area contributed by atoms with Gasteiger partial charge in [-0.15, -0.1) is 0 Å². The number of sulfonamides is 1. The van der Waals surface area contributed by atoms with Crippen LogP contribution in [0.2, 0.25) is 0 Å². The number of likely N-dealkylation sites (tertiary alicyclic amines) is 1. The third kappa shape index (κ3) is 6.82. The Kier molecular flexibility index (Phi) is 8.72.